The van der Waals surface area contributed by atoms with Crippen LogP contribution in [0.25, 0.3) is 0 Å². The van der Waals surface area contributed by atoms with Crippen LogP contribution in [-0.2, 0) is 13.6 Å². The number of aromatic nitrogens is 2. The molecule has 0 amide bonds. The summed E-state index contributed by atoms with van der Waals surface area (Å²) in [7, 11) is 1.96. The first kappa shape index (κ1) is 18.1. The molecule has 2 aromatic rings. The zero-order chi connectivity index (χ0) is 18.5. The number of fused-ring (bicyclic) bond motifs is 1. The minimum atomic E-state index is 0.575. The van der Waals surface area contributed by atoms with E-state index in [1.54, 1.807) is 0 Å². The lowest BCUT2D eigenvalue weighted by atomic mass is 10.2. The third-order valence-electron chi connectivity index (χ3n) is 4.41. The van der Waals surface area contributed by atoms with Crippen molar-refractivity contribution in [2.24, 2.45) is 12.0 Å². The van der Waals surface area contributed by atoms with Crippen molar-refractivity contribution in [1.29, 1.82) is 0 Å². The summed E-state index contributed by atoms with van der Waals surface area (Å²) < 4.78 is 13.3. The zero-order valence-corrected chi connectivity index (χ0v) is 15.9. The number of ether oxygens (including phenoxy) is 2. The van der Waals surface area contributed by atoms with Crippen molar-refractivity contribution in [2.75, 3.05) is 25.1 Å². The second-order valence-corrected chi connectivity index (χ2v) is 6.31. The van der Waals surface area contributed by atoms with Gasteiger partial charge in [0.25, 0.3) is 0 Å². The summed E-state index contributed by atoms with van der Waals surface area (Å²) in [6, 6.07) is 5.86. The van der Waals surface area contributed by atoms with Gasteiger partial charge in [-0.3, -0.25) is 4.68 Å². The van der Waals surface area contributed by atoms with Crippen molar-refractivity contribution in [3.05, 3.63) is 35.2 Å². The smallest absolute Gasteiger partial charge is 0.196 e. The first-order valence-electron chi connectivity index (χ1n) is 9.02. The molecule has 140 valence electrons. The summed E-state index contributed by atoms with van der Waals surface area (Å²) in [5.74, 6) is 2.28. The van der Waals surface area contributed by atoms with Gasteiger partial charge in [0.05, 0.1) is 25.5 Å². The molecule has 2 heterocycles. The van der Waals surface area contributed by atoms with Crippen LogP contribution in [0.4, 0.5) is 5.69 Å². The van der Waals surface area contributed by atoms with E-state index < -0.39 is 0 Å². The molecule has 7 nitrogen and oxygen atoms in total. The maximum atomic E-state index is 5.76. The number of nitrogens with one attached hydrogen (secondary N) is 2. The lowest BCUT2D eigenvalue weighted by Crippen LogP contribution is -2.30. The van der Waals surface area contributed by atoms with E-state index in [4.69, 9.17) is 14.5 Å². The number of aliphatic imine (C=N–C) groups is 1. The van der Waals surface area contributed by atoms with E-state index in [9.17, 15) is 0 Å². The van der Waals surface area contributed by atoms with Gasteiger partial charge in [-0.25, -0.2) is 4.99 Å². The van der Waals surface area contributed by atoms with Gasteiger partial charge in [-0.05, 0) is 32.9 Å². The number of rotatable bonds is 4. The molecule has 0 aliphatic carbocycles. The lowest BCUT2D eigenvalue weighted by Gasteiger charge is -2.14. The summed E-state index contributed by atoms with van der Waals surface area (Å²) >= 11 is 0. The summed E-state index contributed by atoms with van der Waals surface area (Å²) in [5, 5.41) is 11.1. The molecule has 1 aliphatic rings. The van der Waals surface area contributed by atoms with Crippen LogP contribution in [0, 0.1) is 13.8 Å². The molecule has 3 rings (SSSR count). The number of hydrogen-bond acceptors (Lipinski definition) is 4. The first-order valence-corrected chi connectivity index (χ1v) is 9.02. The predicted octanol–water partition coefficient (Wildman–Crippen LogP) is 2.78. The van der Waals surface area contributed by atoms with E-state index in [-0.39, 0.29) is 0 Å². The Morgan fingerprint density at radius 3 is 2.69 bits per heavy atom. The van der Waals surface area contributed by atoms with Gasteiger partial charge in [0, 0.05) is 43.0 Å². The van der Waals surface area contributed by atoms with Crippen LogP contribution in [0.1, 0.15) is 30.3 Å². The van der Waals surface area contributed by atoms with Crippen LogP contribution < -0.4 is 20.1 Å². The number of benzene rings is 1. The maximum Gasteiger partial charge on any atom is 0.196 e. The van der Waals surface area contributed by atoms with Crippen LogP contribution in [0.3, 0.4) is 0 Å². The van der Waals surface area contributed by atoms with Gasteiger partial charge in [0.2, 0.25) is 0 Å². The largest absolute Gasteiger partial charge is 0.490 e. The number of guanidine groups is 1. The number of nitrogens with zero attached hydrogens (tertiary/aromatic N) is 3. The van der Waals surface area contributed by atoms with E-state index in [1.807, 2.05) is 43.8 Å². The van der Waals surface area contributed by atoms with Gasteiger partial charge in [-0.15, -0.1) is 0 Å². The summed E-state index contributed by atoms with van der Waals surface area (Å²) in [6.45, 7) is 8.84. The first-order chi connectivity index (χ1) is 12.6. The van der Waals surface area contributed by atoms with Crippen molar-refractivity contribution in [2.45, 2.75) is 33.7 Å². The topological polar surface area (TPSA) is 72.7 Å². The number of anilines is 1. The van der Waals surface area contributed by atoms with Crippen LogP contribution in [0.2, 0.25) is 0 Å². The van der Waals surface area contributed by atoms with E-state index in [0.717, 1.165) is 53.1 Å². The minimum Gasteiger partial charge on any atom is -0.490 e. The average molecular weight is 357 g/mol. The molecule has 0 unspecified atom stereocenters. The quantitative estimate of drug-likeness (QED) is 0.650. The fourth-order valence-electron chi connectivity index (χ4n) is 2.89. The Labute approximate surface area is 154 Å². The fraction of sp³-hybridized carbons (Fsp3) is 0.474. The average Bonchev–Trinajstić information content (AvgIpc) is 2.80. The highest BCUT2D eigenvalue weighted by molar-refractivity contribution is 5.93. The number of hydrogen-bond donors (Lipinski definition) is 2. The Morgan fingerprint density at radius 2 is 2.00 bits per heavy atom. The molecule has 0 spiro atoms. The molecule has 1 aromatic carbocycles. The Hall–Kier alpha value is -2.70. The molecular weight excluding hydrogens is 330 g/mol. The third-order valence-corrected chi connectivity index (χ3v) is 4.41. The highest BCUT2D eigenvalue weighted by Gasteiger charge is 2.12. The molecule has 1 aromatic heterocycles. The minimum absolute atomic E-state index is 0.575. The van der Waals surface area contributed by atoms with Crippen LogP contribution >= 0.6 is 0 Å². The highest BCUT2D eigenvalue weighted by atomic mass is 16.5. The number of aryl methyl sites for hydroxylation is 2. The fourth-order valence-corrected chi connectivity index (χ4v) is 2.89. The molecule has 7 heteroatoms. The SMILES string of the molecule is CCNC(=NCc1c(C)nn(C)c1C)Nc1ccc2c(c1)OCCCO2. The Balaban J connectivity index is 1.77. The zero-order valence-electron chi connectivity index (χ0n) is 15.9. The third kappa shape index (κ3) is 4.09. The molecule has 0 fully saturated rings. The predicted molar refractivity (Wildman–Crippen MR) is 103 cm³/mol. The van der Waals surface area contributed by atoms with E-state index in [2.05, 4.69) is 22.7 Å². The molecular formula is C19H27N5O2. The van der Waals surface area contributed by atoms with Crippen molar-refractivity contribution in [3.8, 4) is 11.5 Å². The van der Waals surface area contributed by atoms with Crippen LogP contribution in [0.15, 0.2) is 23.2 Å². The Kier molecular flexibility index (Phi) is 5.65. The van der Waals surface area contributed by atoms with Crippen LogP contribution in [-0.4, -0.2) is 35.5 Å². The van der Waals surface area contributed by atoms with Gasteiger partial charge >= 0.3 is 0 Å². The molecule has 26 heavy (non-hydrogen) atoms. The van der Waals surface area contributed by atoms with E-state index in [0.29, 0.717) is 19.8 Å². The standard InChI is InChI=1S/C19H27N5O2/c1-5-20-19(21-12-16-13(2)23-24(4)14(16)3)22-15-7-8-17-18(11-15)26-10-6-9-25-17/h7-8,11H,5-6,9-10,12H2,1-4H3,(H2,20,21,22). The summed E-state index contributed by atoms with van der Waals surface area (Å²) in [6.07, 6.45) is 0.894. The van der Waals surface area contributed by atoms with Crippen molar-refractivity contribution < 1.29 is 9.47 Å². The monoisotopic (exact) mass is 357 g/mol. The second-order valence-electron chi connectivity index (χ2n) is 6.31. The summed E-state index contributed by atoms with van der Waals surface area (Å²) in [5.41, 5.74) is 4.22. The molecule has 0 bridgehead atoms. The van der Waals surface area contributed by atoms with Crippen molar-refractivity contribution >= 4 is 11.6 Å². The second kappa shape index (κ2) is 8.12. The Bertz CT molecular complexity index is 797. The Morgan fingerprint density at radius 1 is 1.23 bits per heavy atom. The molecule has 0 saturated carbocycles. The molecule has 0 radical (unpaired) electrons. The van der Waals surface area contributed by atoms with Gasteiger partial charge in [0.15, 0.2) is 17.5 Å². The molecule has 0 saturated heterocycles. The summed E-state index contributed by atoms with van der Waals surface area (Å²) in [4.78, 5) is 4.71. The maximum absolute atomic E-state index is 5.76. The normalized spacial score (nSPS) is 14.1. The van der Waals surface area contributed by atoms with Gasteiger partial charge in [-0.1, -0.05) is 0 Å². The van der Waals surface area contributed by atoms with Gasteiger partial charge < -0.3 is 20.1 Å². The van der Waals surface area contributed by atoms with Gasteiger partial charge in [0.1, 0.15) is 0 Å². The van der Waals surface area contributed by atoms with Crippen molar-refractivity contribution in [3.63, 3.8) is 0 Å². The molecule has 2 N–H and O–H groups in total. The molecule has 0 atom stereocenters. The molecule has 1 aliphatic heterocycles. The lowest BCUT2D eigenvalue weighted by molar-refractivity contribution is 0.297. The van der Waals surface area contributed by atoms with Gasteiger partial charge in [-0.2, -0.15) is 5.10 Å². The van der Waals surface area contributed by atoms with Crippen LogP contribution in [0.5, 0.6) is 11.5 Å². The van der Waals surface area contributed by atoms with Crippen molar-refractivity contribution in [1.82, 2.24) is 15.1 Å². The highest BCUT2D eigenvalue weighted by Crippen LogP contribution is 2.32. The van der Waals surface area contributed by atoms with E-state index in [1.165, 1.54) is 0 Å². The van der Waals surface area contributed by atoms with E-state index >= 15 is 0 Å².